The lowest BCUT2D eigenvalue weighted by atomic mass is 9.82. The van der Waals surface area contributed by atoms with Crippen molar-refractivity contribution in [1.29, 1.82) is 0 Å². The van der Waals surface area contributed by atoms with Crippen LogP contribution in [-0.4, -0.2) is 22.6 Å². The van der Waals surface area contributed by atoms with Crippen LogP contribution in [-0.2, 0) is 27.4 Å². The second-order valence-electron chi connectivity index (χ2n) is 10.0. The Morgan fingerprint density at radius 2 is 1.55 bits per heavy atom. The second-order valence-corrected chi connectivity index (χ2v) is 10.0. The van der Waals surface area contributed by atoms with E-state index in [0.717, 1.165) is 23.3 Å². The van der Waals surface area contributed by atoms with E-state index in [1.807, 2.05) is 89.2 Å². The highest BCUT2D eigenvalue weighted by Gasteiger charge is 2.36. The number of rotatable bonds is 12. The Hall–Kier alpha value is -2.82. The molecule has 0 aliphatic heterocycles. The van der Waals surface area contributed by atoms with E-state index in [9.17, 15) is 14.7 Å². The molecule has 0 aliphatic carbocycles. The van der Waals surface area contributed by atoms with Crippen LogP contribution in [0.2, 0.25) is 0 Å². The highest BCUT2D eigenvalue weighted by Crippen LogP contribution is 2.29. The second kappa shape index (κ2) is 12.4. The Bertz CT molecular complexity index is 865. The minimum absolute atomic E-state index is 0.180. The molecule has 5 heteroatoms. The van der Waals surface area contributed by atoms with Crippen LogP contribution < -0.4 is 4.74 Å². The maximum absolute atomic E-state index is 12.9. The molecule has 0 heterocycles. The normalized spacial score (nSPS) is 13.4. The highest BCUT2D eigenvalue weighted by atomic mass is 16.6. The van der Waals surface area contributed by atoms with Gasteiger partial charge in [-0.2, -0.15) is 0 Å². The van der Waals surface area contributed by atoms with E-state index < -0.39 is 29.4 Å². The summed E-state index contributed by atoms with van der Waals surface area (Å²) in [6.07, 6.45) is 2.39. The third-order valence-corrected chi connectivity index (χ3v) is 5.39. The van der Waals surface area contributed by atoms with Gasteiger partial charge in [0.25, 0.3) is 0 Å². The molecule has 2 aromatic rings. The molecule has 2 atom stereocenters. The minimum atomic E-state index is -0.931. The average Bonchev–Trinajstić information content (AvgIpc) is 2.74. The SMILES string of the molecule is CC(C)CC(C(=O)O)C(CCCc1ccc(OCc2ccccc2)cc1)C(=O)OC(C)(C)C. The lowest BCUT2D eigenvalue weighted by Gasteiger charge is -2.28. The van der Waals surface area contributed by atoms with Gasteiger partial charge >= 0.3 is 11.9 Å². The summed E-state index contributed by atoms with van der Waals surface area (Å²) in [6, 6.07) is 17.9. The Morgan fingerprint density at radius 3 is 2.09 bits per heavy atom. The number of aliphatic carboxylic acids is 1. The smallest absolute Gasteiger partial charge is 0.310 e. The lowest BCUT2D eigenvalue weighted by molar-refractivity contribution is -0.167. The van der Waals surface area contributed by atoms with Gasteiger partial charge in [0.15, 0.2) is 0 Å². The molecule has 33 heavy (non-hydrogen) atoms. The first-order chi connectivity index (χ1) is 15.5. The fraction of sp³-hybridized carbons (Fsp3) is 0.500. The zero-order valence-electron chi connectivity index (χ0n) is 20.5. The van der Waals surface area contributed by atoms with Crippen molar-refractivity contribution in [3.8, 4) is 5.75 Å². The van der Waals surface area contributed by atoms with Gasteiger partial charge in [0.1, 0.15) is 18.0 Å². The first-order valence-corrected chi connectivity index (χ1v) is 11.8. The predicted octanol–water partition coefficient (Wildman–Crippen LogP) is 6.29. The van der Waals surface area contributed by atoms with E-state index in [1.54, 1.807) is 0 Å². The number of hydrogen-bond donors (Lipinski definition) is 1. The first kappa shape index (κ1) is 26.4. The van der Waals surface area contributed by atoms with Gasteiger partial charge in [-0.25, -0.2) is 0 Å². The van der Waals surface area contributed by atoms with Crippen LogP contribution in [0.25, 0.3) is 0 Å². The molecule has 0 saturated heterocycles. The summed E-state index contributed by atoms with van der Waals surface area (Å²) in [5, 5.41) is 9.80. The van der Waals surface area contributed by atoms with Gasteiger partial charge in [-0.1, -0.05) is 56.3 Å². The van der Waals surface area contributed by atoms with Crippen LogP contribution in [0.4, 0.5) is 0 Å². The van der Waals surface area contributed by atoms with Crippen LogP contribution in [0, 0.1) is 17.8 Å². The standard InChI is InChI=1S/C28H38O5/c1-20(2)18-25(26(29)30)24(27(31)33-28(3,4)5)13-9-12-21-14-16-23(17-15-21)32-19-22-10-7-6-8-11-22/h6-8,10-11,14-17,20,24-25H,9,12-13,18-19H2,1-5H3,(H,29,30). The number of carboxylic acids is 1. The van der Waals surface area contributed by atoms with Crippen molar-refractivity contribution >= 4 is 11.9 Å². The molecule has 180 valence electrons. The largest absolute Gasteiger partial charge is 0.489 e. The zero-order chi connectivity index (χ0) is 24.4. The third kappa shape index (κ3) is 9.68. The van der Waals surface area contributed by atoms with Crippen molar-refractivity contribution in [2.75, 3.05) is 0 Å². The van der Waals surface area contributed by atoms with E-state index in [2.05, 4.69) is 0 Å². The van der Waals surface area contributed by atoms with E-state index in [1.165, 1.54) is 0 Å². The maximum Gasteiger partial charge on any atom is 0.310 e. The molecule has 0 aliphatic rings. The molecular formula is C28H38O5. The van der Waals surface area contributed by atoms with Crippen molar-refractivity contribution in [2.45, 2.75) is 72.5 Å². The van der Waals surface area contributed by atoms with E-state index >= 15 is 0 Å². The van der Waals surface area contributed by atoms with Crippen LogP contribution in [0.15, 0.2) is 54.6 Å². The maximum atomic E-state index is 12.9. The molecule has 5 nitrogen and oxygen atoms in total. The Labute approximate surface area is 198 Å². The average molecular weight is 455 g/mol. The van der Waals surface area contributed by atoms with Crippen LogP contribution in [0.5, 0.6) is 5.75 Å². The number of aryl methyl sites for hydroxylation is 1. The van der Waals surface area contributed by atoms with Crippen LogP contribution in [0.3, 0.4) is 0 Å². The summed E-state index contributed by atoms with van der Waals surface area (Å²) >= 11 is 0. The molecule has 2 rings (SSSR count). The number of hydrogen-bond acceptors (Lipinski definition) is 4. The third-order valence-electron chi connectivity index (χ3n) is 5.39. The molecule has 0 saturated carbocycles. The Balaban J connectivity index is 1.97. The molecule has 0 aromatic heterocycles. The minimum Gasteiger partial charge on any atom is -0.489 e. The monoisotopic (exact) mass is 454 g/mol. The van der Waals surface area contributed by atoms with Crippen LogP contribution >= 0.6 is 0 Å². The summed E-state index contributed by atoms with van der Waals surface area (Å²) in [5.41, 5.74) is 1.59. The van der Waals surface area contributed by atoms with Crippen molar-refractivity contribution < 1.29 is 24.2 Å². The predicted molar refractivity (Wildman–Crippen MR) is 130 cm³/mol. The van der Waals surface area contributed by atoms with E-state index in [4.69, 9.17) is 9.47 Å². The molecule has 0 fully saturated rings. The summed E-state index contributed by atoms with van der Waals surface area (Å²) in [5.74, 6) is -1.76. The Morgan fingerprint density at radius 1 is 0.909 bits per heavy atom. The van der Waals surface area contributed by atoms with Crippen molar-refractivity contribution in [3.05, 3.63) is 65.7 Å². The number of carboxylic acid groups (broad SMARTS) is 1. The van der Waals surface area contributed by atoms with Gasteiger partial charge in [0, 0.05) is 0 Å². The molecule has 0 radical (unpaired) electrons. The van der Waals surface area contributed by atoms with Crippen molar-refractivity contribution in [1.82, 2.24) is 0 Å². The number of benzene rings is 2. The van der Waals surface area contributed by atoms with Gasteiger partial charge < -0.3 is 14.6 Å². The summed E-state index contributed by atoms with van der Waals surface area (Å²) in [6.45, 7) is 9.89. The molecule has 0 bridgehead atoms. The van der Waals surface area contributed by atoms with Gasteiger partial charge in [-0.15, -0.1) is 0 Å². The first-order valence-electron chi connectivity index (χ1n) is 11.8. The van der Waals surface area contributed by atoms with Crippen molar-refractivity contribution in [3.63, 3.8) is 0 Å². The Kier molecular flexibility index (Phi) is 9.95. The molecular weight excluding hydrogens is 416 g/mol. The lowest BCUT2D eigenvalue weighted by Crippen LogP contribution is -2.36. The molecule has 2 aromatic carbocycles. The molecule has 1 N–H and O–H groups in total. The topological polar surface area (TPSA) is 72.8 Å². The quantitative estimate of drug-likeness (QED) is 0.381. The fourth-order valence-electron chi connectivity index (χ4n) is 3.83. The summed E-state index contributed by atoms with van der Waals surface area (Å²) in [7, 11) is 0. The number of ether oxygens (including phenoxy) is 2. The van der Waals surface area contributed by atoms with Gasteiger partial charge in [0.05, 0.1) is 11.8 Å². The van der Waals surface area contributed by atoms with Crippen molar-refractivity contribution in [2.24, 2.45) is 17.8 Å². The molecule has 0 amide bonds. The number of carbonyl (C=O) groups excluding carboxylic acids is 1. The van der Waals surface area contributed by atoms with E-state index in [-0.39, 0.29) is 5.92 Å². The highest BCUT2D eigenvalue weighted by molar-refractivity contribution is 5.81. The summed E-state index contributed by atoms with van der Waals surface area (Å²) in [4.78, 5) is 24.8. The van der Waals surface area contributed by atoms with Gasteiger partial charge in [-0.05, 0) is 75.6 Å². The zero-order valence-corrected chi connectivity index (χ0v) is 20.5. The van der Waals surface area contributed by atoms with Crippen LogP contribution in [0.1, 0.15) is 65.0 Å². The number of esters is 1. The number of carbonyl (C=O) groups is 2. The van der Waals surface area contributed by atoms with Gasteiger partial charge in [-0.3, -0.25) is 9.59 Å². The van der Waals surface area contributed by atoms with Gasteiger partial charge in [0.2, 0.25) is 0 Å². The summed E-state index contributed by atoms with van der Waals surface area (Å²) < 4.78 is 11.4. The van der Waals surface area contributed by atoms with E-state index in [0.29, 0.717) is 25.9 Å². The molecule has 0 spiro atoms. The molecule has 2 unspecified atom stereocenters. The fourth-order valence-corrected chi connectivity index (χ4v) is 3.83.